The lowest BCUT2D eigenvalue weighted by Crippen LogP contribution is -2.21. The Morgan fingerprint density at radius 1 is 1.06 bits per heavy atom. The lowest BCUT2D eigenvalue weighted by Gasteiger charge is -2.14. The van der Waals surface area contributed by atoms with Crippen LogP contribution in [-0.4, -0.2) is 37.0 Å². The molecule has 0 spiro atoms. The molecule has 2 amide bonds. The third-order valence-electron chi connectivity index (χ3n) is 4.60. The van der Waals surface area contributed by atoms with Crippen LogP contribution >= 0.6 is 46.0 Å². The molecule has 7 nitrogen and oxygen atoms in total. The monoisotopic (exact) mass is 637 g/mol. The van der Waals surface area contributed by atoms with Crippen molar-refractivity contribution < 1.29 is 19.1 Å². The fraction of sp³-hybridized carbons (Fsp3) is 0.192. The molecule has 0 aliphatic heterocycles. The highest BCUT2D eigenvalue weighted by Gasteiger charge is 2.14. The highest BCUT2D eigenvalue weighted by molar-refractivity contribution is 14.1. The van der Waals surface area contributed by atoms with Gasteiger partial charge in [0.25, 0.3) is 5.91 Å². The lowest BCUT2D eigenvalue weighted by atomic mass is 10.2. The number of rotatable bonds is 11. The fourth-order valence-corrected chi connectivity index (χ4v) is 4.53. The van der Waals surface area contributed by atoms with E-state index in [4.69, 9.17) is 21.1 Å². The van der Waals surface area contributed by atoms with Crippen molar-refractivity contribution in [1.82, 2.24) is 5.43 Å². The molecule has 0 aromatic heterocycles. The summed E-state index contributed by atoms with van der Waals surface area (Å²) in [6.45, 7) is 4.09. The van der Waals surface area contributed by atoms with Gasteiger partial charge in [0, 0.05) is 15.6 Å². The van der Waals surface area contributed by atoms with Crippen LogP contribution in [0.3, 0.4) is 0 Å². The number of hydrogen-bond acceptors (Lipinski definition) is 6. The van der Waals surface area contributed by atoms with E-state index in [1.165, 1.54) is 18.0 Å². The molecule has 0 aliphatic rings. The highest BCUT2D eigenvalue weighted by atomic mass is 127. The number of nitrogens with one attached hydrogen (secondary N) is 2. The number of halogens is 2. The van der Waals surface area contributed by atoms with Gasteiger partial charge in [-0.15, -0.1) is 11.8 Å². The summed E-state index contributed by atoms with van der Waals surface area (Å²) in [5.74, 6) is 0.668. The molecule has 10 heteroatoms. The van der Waals surface area contributed by atoms with Crippen molar-refractivity contribution >= 4 is 69.7 Å². The second-order valence-corrected chi connectivity index (χ2v) is 10.1. The van der Waals surface area contributed by atoms with Gasteiger partial charge < -0.3 is 14.8 Å². The lowest BCUT2D eigenvalue weighted by molar-refractivity contribution is -0.119. The average Bonchev–Trinajstić information content (AvgIpc) is 2.85. The number of thioether (sulfide) groups is 1. The van der Waals surface area contributed by atoms with Crippen LogP contribution in [0, 0.1) is 10.5 Å². The molecule has 0 atom stereocenters. The number of ether oxygens (including phenoxy) is 2. The van der Waals surface area contributed by atoms with E-state index in [2.05, 4.69) is 38.4 Å². The molecule has 0 saturated carbocycles. The number of carbonyl (C=O) groups is 2. The Morgan fingerprint density at radius 2 is 1.78 bits per heavy atom. The first-order valence-corrected chi connectivity index (χ1v) is 13.4. The van der Waals surface area contributed by atoms with Crippen LogP contribution in [0.4, 0.5) is 5.69 Å². The number of benzene rings is 3. The SMILES string of the molecule is CCOc1cc(/C=N\NC(=O)CSc2ccc(Cl)cc2)cc(I)c1OCC(=O)Nc1ccc(C)cc1. The molecule has 3 aromatic rings. The third kappa shape index (κ3) is 9.03. The minimum absolute atomic E-state index is 0.168. The summed E-state index contributed by atoms with van der Waals surface area (Å²) in [6, 6.07) is 18.4. The summed E-state index contributed by atoms with van der Waals surface area (Å²) >= 11 is 9.38. The van der Waals surface area contributed by atoms with Gasteiger partial charge in [0.15, 0.2) is 18.1 Å². The first-order chi connectivity index (χ1) is 17.3. The summed E-state index contributed by atoms with van der Waals surface area (Å²) in [5, 5.41) is 7.50. The second-order valence-electron chi connectivity index (χ2n) is 7.50. The summed E-state index contributed by atoms with van der Waals surface area (Å²) in [4.78, 5) is 25.4. The van der Waals surface area contributed by atoms with Gasteiger partial charge in [0.2, 0.25) is 5.91 Å². The summed E-state index contributed by atoms with van der Waals surface area (Å²) in [7, 11) is 0. The maximum Gasteiger partial charge on any atom is 0.262 e. The molecule has 3 aromatic carbocycles. The molecule has 0 aliphatic carbocycles. The molecule has 36 heavy (non-hydrogen) atoms. The smallest absolute Gasteiger partial charge is 0.262 e. The molecular weight excluding hydrogens is 613 g/mol. The fourth-order valence-electron chi connectivity index (χ4n) is 2.93. The van der Waals surface area contributed by atoms with Crippen molar-refractivity contribution in [2.24, 2.45) is 5.10 Å². The molecule has 2 N–H and O–H groups in total. The molecule has 188 valence electrons. The van der Waals surface area contributed by atoms with Crippen molar-refractivity contribution in [2.75, 3.05) is 24.3 Å². The van der Waals surface area contributed by atoms with Gasteiger partial charge in [0.1, 0.15) is 0 Å². The number of anilines is 1. The number of amides is 2. The van der Waals surface area contributed by atoms with Crippen LogP contribution in [0.1, 0.15) is 18.1 Å². The van der Waals surface area contributed by atoms with E-state index in [-0.39, 0.29) is 24.2 Å². The maximum absolute atomic E-state index is 12.3. The Hall–Kier alpha value is -2.76. The summed E-state index contributed by atoms with van der Waals surface area (Å²) in [5.41, 5.74) is 5.05. The summed E-state index contributed by atoms with van der Waals surface area (Å²) < 4.78 is 12.3. The minimum Gasteiger partial charge on any atom is -0.490 e. The molecule has 0 radical (unpaired) electrons. The zero-order valence-corrected chi connectivity index (χ0v) is 23.4. The molecule has 3 rings (SSSR count). The topological polar surface area (TPSA) is 89.0 Å². The minimum atomic E-state index is -0.276. The molecule has 0 bridgehead atoms. The van der Waals surface area contributed by atoms with Crippen molar-refractivity contribution in [3.63, 3.8) is 0 Å². The van der Waals surface area contributed by atoms with Gasteiger partial charge >= 0.3 is 0 Å². The molecule has 0 saturated heterocycles. The van der Waals surface area contributed by atoms with Crippen LogP contribution in [-0.2, 0) is 9.59 Å². The zero-order chi connectivity index (χ0) is 25.9. The molecule has 0 unspecified atom stereocenters. The van der Waals surface area contributed by atoms with Crippen molar-refractivity contribution in [3.8, 4) is 11.5 Å². The summed E-state index contributed by atoms with van der Waals surface area (Å²) in [6.07, 6.45) is 1.53. The normalized spacial score (nSPS) is 10.8. The Morgan fingerprint density at radius 3 is 2.47 bits per heavy atom. The van der Waals surface area contributed by atoms with E-state index in [0.29, 0.717) is 34.4 Å². The maximum atomic E-state index is 12.3. The van der Waals surface area contributed by atoms with Gasteiger partial charge in [-0.25, -0.2) is 5.43 Å². The first-order valence-electron chi connectivity index (χ1n) is 11.0. The van der Waals surface area contributed by atoms with E-state index >= 15 is 0 Å². The highest BCUT2D eigenvalue weighted by Crippen LogP contribution is 2.34. The Balaban J connectivity index is 1.56. The zero-order valence-electron chi connectivity index (χ0n) is 19.7. The van der Waals surface area contributed by atoms with Gasteiger partial charge in [-0.3, -0.25) is 9.59 Å². The van der Waals surface area contributed by atoms with Gasteiger partial charge in [0.05, 0.1) is 22.1 Å². The van der Waals surface area contributed by atoms with Crippen LogP contribution in [0.5, 0.6) is 11.5 Å². The second kappa shape index (κ2) is 14.1. The van der Waals surface area contributed by atoms with Gasteiger partial charge in [-0.05, 0) is 90.5 Å². The largest absolute Gasteiger partial charge is 0.490 e. The third-order valence-corrected chi connectivity index (χ3v) is 6.67. The van der Waals surface area contributed by atoms with E-state index in [1.807, 2.05) is 56.3 Å². The van der Waals surface area contributed by atoms with Crippen LogP contribution in [0.2, 0.25) is 5.02 Å². The van der Waals surface area contributed by atoms with Gasteiger partial charge in [-0.2, -0.15) is 5.10 Å². The number of hydrazone groups is 1. The first kappa shape index (κ1) is 27.8. The standard InChI is InChI=1S/C26H25ClIN3O4S/c1-3-34-23-13-18(14-29-31-25(33)16-36-21-10-6-19(27)7-11-21)12-22(28)26(23)35-15-24(32)30-20-8-4-17(2)5-9-20/h4-14H,3,15-16H2,1-2H3,(H,30,32)(H,31,33)/b29-14-. The van der Waals surface area contributed by atoms with Crippen LogP contribution in [0.25, 0.3) is 0 Å². The number of carbonyl (C=O) groups excluding carboxylic acids is 2. The number of aryl methyl sites for hydroxylation is 1. The van der Waals surface area contributed by atoms with Crippen LogP contribution < -0.4 is 20.2 Å². The Labute approximate surface area is 233 Å². The Kier molecular flexibility index (Phi) is 10.9. The molecule has 0 fully saturated rings. The quantitative estimate of drug-likeness (QED) is 0.118. The molecule has 0 heterocycles. The van der Waals surface area contributed by atoms with Crippen LogP contribution in [0.15, 0.2) is 70.7 Å². The van der Waals surface area contributed by atoms with E-state index in [9.17, 15) is 9.59 Å². The number of nitrogens with zero attached hydrogens (tertiary/aromatic N) is 1. The van der Waals surface area contributed by atoms with Crippen molar-refractivity contribution in [1.29, 1.82) is 0 Å². The predicted octanol–water partition coefficient (Wildman–Crippen LogP) is 5.91. The van der Waals surface area contributed by atoms with Crippen molar-refractivity contribution in [2.45, 2.75) is 18.7 Å². The van der Waals surface area contributed by atoms with E-state index in [0.717, 1.165) is 14.0 Å². The molecular formula is C26H25ClIN3O4S. The van der Waals surface area contributed by atoms with E-state index in [1.54, 1.807) is 18.2 Å². The van der Waals surface area contributed by atoms with Gasteiger partial charge in [-0.1, -0.05) is 29.3 Å². The van der Waals surface area contributed by atoms with E-state index < -0.39 is 0 Å². The number of hydrogen-bond donors (Lipinski definition) is 2. The Bertz CT molecular complexity index is 1220. The average molecular weight is 638 g/mol. The van der Waals surface area contributed by atoms with Crippen molar-refractivity contribution in [3.05, 3.63) is 80.4 Å². The predicted molar refractivity (Wildman–Crippen MR) is 154 cm³/mol.